The topological polar surface area (TPSA) is 93.8 Å². The van der Waals surface area contributed by atoms with E-state index in [0.29, 0.717) is 22.0 Å². The quantitative estimate of drug-likeness (QED) is 0.243. The zero-order valence-electron chi connectivity index (χ0n) is 16.2. The molecule has 0 saturated heterocycles. The van der Waals surface area contributed by atoms with Crippen LogP contribution < -0.4 is 11.2 Å². The maximum absolute atomic E-state index is 12.9. The van der Waals surface area contributed by atoms with Crippen LogP contribution in [0.3, 0.4) is 0 Å². The summed E-state index contributed by atoms with van der Waals surface area (Å²) < 4.78 is 4.84. The molecule has 0 atom stereocenters. The lowest BCUT2D eigenvalue weighted by molar-refractivity contribution is -0.159. The Morgan fingerprint density at radius 1 is 1.14 bits per heavy atom. The molecule has 1 amide bonds. The molecule has 7 heteroatoms. The molecule has 0 heterocycles. The predicted octanol–water partition coefficient (Wildman–Crippen LogP) is 3.77. The van der Waals surface area contributed by atoms with Crippen molar-refractivity contribution in [3.05, 3.63) is 64.7 Å². The molecule has 28 heavy (non-hydrogen) atoms. The van der Waals surface area contributed by atoms with Crippen molar-refractivity contribution in [3.8, 4) is 0 Å². The summed E-state index contributed by atoms with van der Waals surface area (Å²) >= 11 is 6.13. The van der Waals surface area contributed by atoms with Crippen LogP contribution >= 0.6 is 11.6 Å². The third-order valence-corrected chi connectivity index (χ3v) is 5.04. The van der Waals surface area contributed by atoms with Gasteiger partial charge >= 0.3 is 5.97 Å². The first-order valence-electron chi connectivity index (χ1n) is 8.97. The molecule has 2 rings (SSSR count). The second kappa shape index (κ2) is 9.37. The van der Waals surface area contributed by atoms with Gasteiger partial charge in [-0.2, -0.15) is 5.10 Å². The molecule has 2 aromatic carbocycles. The van der Waals surface area contributed by atoms with Gasteiger partial charge in [-0.1, -0.05) is 55.8 Å². The molecule has 0 saturated carbocycles. The van der Waals surface area contributed by atoms with Gasteiger partial charge in [-0.25, -0.2) is 5.43 Å². The van der Waals surface area contributed by atoms with E-state index >= 15 is 0 Å². The van der Waals surface area contributed by atoms with Crippen LogP contribution in [0.2, 0.25) is 5.02 Å². The Bertz CT molecular complexity index is 878. The van der Waals surface area contributed by atoms with Crippen molar-refractivity contribution in [3.63, 3.8) is 0 Å². The summed E-state index contributed by atoms with van der Waals surface area (Å²) in [5, 5.41) is 4.81. The minimum absolute atomic E-state index is 0.289. The smallest absolute Gasteiger partial charge is 0.321 e. The number of amides is 1. The van der Waals surface area contributed by atoms with Crippen LogP contribution in [0.4, 0.5) is 5.69 Å². The van der Waals surface area contributed by atoms with E-state index in [2.05, 4.69) is 10.5 Å². The summed E-state index contributed by atoms with van der Waals surface area (Å²) in [5.41, 5.74) is 9.58. The van der Waals surface area contributed by atoms with Crippen LogP contribution in [0.25, 0.3) is 0 Å². The van der Waals surface area contributed by atoms with Crippen molar-refractivity contribution in [2.24, 2.45) is 10.5 Å². The minimum atomic E-state index is -1.31. The number of hydrazone groups is 1. The Morgan fingerprint density at radius 2 is 1.79 bits per heavy atom. The maximum atomic E-state index is 12.9. The van der Waals surface area contributed by atoms with E-state index in [1.54, 1.807) is 32.0 Å². The molecule has 0 aromatic heterocycles. The predicted molar refractivity (Wildman–Crippen MR) is 111 cm³/mol. The van der Waals surface area contributed by atoms with Crippen LogP contribution in [0, 0.1) is 5.41 Å². The Morgan fingerprint density at radius 3 is 2.36 bits per heavy atom. The molecule has 6 nitrogen and oxygen atoms in total. The van der Waals surface area contributed by atoms with E-state index in [9.17, 15) is 9.59 Å². The van der Waals surface area contributed by atoms with E-state index < -0.39 is 17.3 Å². The van der Waals surface area contributed by atoms with Crippen molar-refractivity contribution in [2.45, 2.75) is 26.7 Å². The van der Waals surface area contributed by atoms with Crippen LogP contribution in [0.15, 0.2) is 53.6 Å². The van der Waals surface area contributed by atoms with E-state index in [1.165, 1.54) is 7.11 Å². The molecule has 0 bridgehead atoms. The number of halogens is 1. The average molecular weight is 402 g/mol. The van der Waals surface area contributed by atoms with Gasteiger partial charge < -0.3 is 10.5 Å². The van der Waals surface area contributed by atoms with Crippen LogP contribution in [0.1, 0.15) is 37.8 Å². The number of nitrogen functional groups attached to an aromatic ring is 1. The number of nitrogens with one attached hydrogen (secondary N) is 1. The molecule has 0 radical (unpaired) electrons. The first kappa shape index (κ1) is 21.4. The minimum Gasteiger partial charge on any atom is -0.468 e. The standard InChI is InChI=1S/C21H24ClN3O3/c1-4-21(5-2,20(27)28-3)19(26)25-24-18(14-9-7-6-8-10-14)16-13-15(22)11-12-17(16)23/h6-13H,4-5,23H2,1-3H3,(H,25,26)/b24-18+. The van der Waals surface area contributed by atoms with E-state index in [-0.39, 0.29) is 12.8 Å². The summed E-state index contributed by atoms with van der Waals surface area (Å²) in [6.07, 6.45) is 0.578. The number of rotatable bonds is 7. The largest absolute Gasteiger partial charge is 0.468 e. The van der Waals surface area contributed by atoms with Crippen molar-refractivity contribution >= 4 is 34.9 Å². The van der Waals surface area contributed by atoms with Crippen molar-refractivity contribution in [2.75, 3.05) is 12.8 Å². The molecule has 0 aliphatic carbocycles. The van der Waals surface area contributed by atoms with Gasteiger partial charge in [0.2, 0.25) is 0 Å². The highest BCUT2D eigenvalue weighted by Crippen LogP contribution is 2.29. The van der Waals surface area contributed by atoms with E-state index in [0.717, 1.165) is 5.56 Å². The second-order valence-corrected chi connectivity index (χ2v) is 6.72. The number of esters is 1. The second-order valence-electron chi connectivity index (χ2n) is 6.28. The third kappa shape index (κ3) is 4.34. The number of carbonyl (C=O) groups is 2. The van der Waals surface area contributed by atoms with E-state index in [4.69, 9.17) is 22.1 Å². The molecule has 0 spiro atoms. The number of hydrogen-bond acceptors (Lipinski definition) is 5. The average Bonchev–Trinajstić information content (AvgIpc) is 2.72. The van der Waals surface area contributed by atoms with Gasteiger partial charge in [0.25, 0.3) is 5.91 Å². The number of nitrogens with two attached hydrogens (primary N) is 1. The molecule has 2 aromatic rings. The number of ether oxygens (including phenoxy) is 1. The van der Waals surface area contributed by atoms with Gasteiger partial charge in [0.1, 0.15) is 5.41 Å². The number of hydrogen-bond donors (Lipinski definition) is 2. The summed E-state index contributed by atoms with van der Waals surface area (Å²) in [4.78, 5) is 25.1. The third-order valence-electron chi connectivity index (χ3n) is 4.80. The monoisotopic (exact) mass is 401 g/mol. The summed E-state index contributed by atoms with van der Waals surface area (Å²) in [6, 6.07) is 14.3. The lowest BCUT2D eigenvalue weighted by Gasteiger charge is -2.26. The Labute approximate surface area is 169 Å². The van der Waals surface area contributed by atoms with Crippen molar-refractivity contribution in [1.29, 1.82) is 0 Å². The molecule has 0 aliphatic rings. The van der Waals surface area contributed by atoms with Crippen LogP contribution in [-0.4, -0.2) is 24.7 Å². The van der Waals surface area contributed by atoms with Crippen LogP contribution in [-0.2, 0) is 14.3 Å². The summed E-state index contributed by atoms with van der Waals surface area (Å²) in [6.45, 7) is 3.52. The number of benzene rings is 2. The molecule has 148 valence electrons. The zero-order chi connectivity index (χ0) is 20.7. The Balaban J connectivity index is 2.50. The molecular formula is C21H24ClN3O3. The van der Waals surface area contributed by atoms with Gasteiger partial charge in [-0.3, -0.25) is 9.59 Å². The number of nitrogens with zero attached hydrogens (tertiary/aromatic N) is 1. The van der Waals surface area contributed by atoms with Crippen LogP contribution in [0.5, 0.6) is 0 Å². The van der Waals surface area contributed by atoms with Gasteiger partial charge in [-0.05, 0) is 31.0 Å². The summed E-state index contributed by atoms with van der Waals surface area (Å²) in [5.74, 6) is -1.12. The zero-order valence-corrected chi connectivity index (χ0v) is 16.9. The highest BCUT2D eigenvalue weighted by atomic mass is 35.5. The number of carbonyl (C=O) groups excluding carboxylic acids is 2. The Hall–Kier alpha value is -2.86. The molecular weight excluding hydrogens is 378 g/mol. The fourth-order valence-electron chi connectivity index (χ4n) is 2.97. The maximum Gasteiger partial charge on any atom is 0.321 e. The lowest BCUT2D eigenvalue weighted by Crippen LogP contribution is -2.45. The highest BCUT2D eigenvalue weighted by molar-refractivity contribution is 6.31. The molecule has 3 N–H and O–H groups in total. The fourth-order valence-corrected chi connectivity index (χ4v) is 3.14. The molecule has 0 fully saturated rings. The van der Waals surface area contributed by atoms with Gasteiger partial charge in [0.05, 0.1) is 12.8 Å². The van der Waals surface area contributed by atoms with Crippen molar-refractivity contribution < 1.29 is 14.3 Å². The normalized spacial score (nSPS) is 11.8. The van der Waals surface area contributed by atoms with Gasteiger partial charge in [0, 0.05) is 21.8 Å². The number of methoxy groups -OCH3 is 1. The SMILES string of the molecule is CCC(CC)(C(=O)N/N=C(\c1ccccc1)c1cc(Cl)ccc1N)C(=O)OC. The fraction of sp³-hybridized carbons (Fsp3) is 0.286. The Kier molecular flexibility index (Phi) is 7.18. The summed E-state index contributed by atoms with van der Waals surface area (Å²) in [7, 11) is 1.26. The first-order valence-corrected chi connectivity index (χ1v) is 9.34. The van der Waals surface area contributed by atoms with Gasteiger partial charge in [0.15, 0.2) is 0 Å². The molecule has 0 aliphatic heterocycles. The highest BCUT2D eigenvalue weighted by Gasteiger charge is 2.44. The van der Waals surface area contributed by atoms with Gasteiger partial charge in [-0.15, -0.1) is 0 Å². The first-order chi connectivity index (χ1) is 13.4. The molecule has 0 unspecified atom stereocenters. The lowest BCUT2D eigenvalue weighted by atomic mass is 9.81. The van der Waals surface area contributed by atoms with E-state index in [1.807, 2.05) is 30.3 Å². The number of anilines is 1. The van der Waals surface area contributed by atoms with Crippen molar-refractivity contribution in [1.82, 2.24) is 5.43 Å².